The molecule has 0 fully saturated rings. The topological polar surface area (TPSA) is 55.1 Å². The highest BCUT2D eigenvalue weighted by Gasteiger charge is 2.32. The molecule has 0 bridgehead atoms. The van der Waals surface area contributed by atoms with E-state index in [1.807, 2.05) is 30.5 Å². The molecule has 0 saturated carbocycles. The molecule has 140 valence electrons. The summed E-state index contributed by atoms with van der Waals surface area (Å²) in [6.07, 6.45) is -0.0356. The zero-order valence-corrected chi connectivity index (χ0v) is 17.6. The van der Waals surface area contributed by atoms with Crippen LogP contribution < -0.4 is 10.7 Å². The van der Waals surface area contributed by atoms with Crippen molar-refractivity contribution in [2.45, 2.75) is 52.6 Å². The summed E-state index contributed by atoms with van der Waals surface area (Å²) in [6.45, 7) is 11.4. The molecule has 1 atom stereocenters. The normalized spacial score (nSPS) is 14.3. The van der Waals surface area contributed by atoms with Crippen LogP contribution in [0.1, 0.15) is 36.1 Å². The van der Waals surface area contributed by atoms with Gasteiger partial charge in [-0.2, -0.15) is 0 Å². The van der Waals surface area contributed by atoms with Gasteiger partial charge in [0, 0.05) is 5.56 Å². The van der Waals surface area contributed by atoms with E-state index in [-0.39, 0.29) is 5.56 Å². The van der Waals surface area contributed by atoms with Gasteiger partial charge in [0.2, 0.25) is 0 Å². The highest BCUT2D eigenvalue weighted by molar-refractivity contribution is 6.90. The van der Waals surface area contributed by atoms with Crippen molar-refractivity contribution in [3.05, 3.63) is 57.4 Å². The fourth-order valence-electron chi connectivity index (χ4n) is 4.32. The molecular weight excluding hydrogens is 352 g/mol. The standard InChI is InChI=1S/C22H26N2O2Si/c1-6-19(25)15-11-18-20-16(12-24(18)22(26)13(15)2)21(27(3,4)5)14-9-7-8-10-17(14)23-20/h7-11,19,25H,6,12H2,1-5H3. The molecule has 1 aromatic carbocycles. The van der Waals surface area contributed by atoms with Gasteiger partial charge in [-0.25, -0.2) is 4.98 Å². The Morgan fingerprint density at radius 2 is 1.96 bits per heavy atom. The number of aliphatic hydroxyl groups is 1. The lowest BCUT2D eigenvalue weighted by Gasteiger charge is -2.22. The number of fused-ring (bicyclic) bond motifs is 4. The second-order valence-electron chi connectivity index (χ2n) is 8.51. The van der Waals surface area contributed by atoms with Crippen molar-refractivity contribution in [2.75, 3.05) is 0 Å². The van der Waals surface area contributed by atoms with E-state index in [1.165, 1.54) is 16.1 Å². The third kappa shape index (κ3) is 2.68. The molecule has 0 aliphatic carbocycles. The average Bonchev–Trinajstić information content (AvgIpc) is 2.99. The Hall–Kier alpha value is -2.24. The molecule has 4 rings (SSSR count). The number of hydrogen-bond donors (Lipinski definition) is 1. The van der Waals surface area contributed by atoms with Gasteiger partial charge in [0.25, 0.3) is 5.56 Å². The van der Waals surface area contributed by atoms with Crippen LogP contribution in [0.5, 0.6) is 0 Å². The average molecular weight is 379 g/mol. The van der Waals surface area contributed by atoms with E-state index in [2.05, 4.69) is 37.8 Å². The molecule has 0 radical (unpaired) electrons. The lowest BCUT2D eigenvalue weighted by atomic mass is 10.0. The van der Waals surface area contributed by atoms with E-state index in [9.17, 15) is 9.90 Å². The molecule has 0 spiro atoms. The van der Waals surface area contributed by atoms with E-state index in [0.29, 0.717) is 18.5 Å². The lowest BCUT2D eigenvalue weighted by molar-refractivity contribution is 0.172. The first kappa shape index (κ1) is 18.1. The number of para-hydroxylation sites is 1. The Morgan fingerprint density at radius 3 is 2.63 bits per heavy atom. The molecule has 27 heavy (non-hydrogen) atoms. The van der Waals surface area contributed by atoms with Crippen LogP contribution in [-0.4, -0.2) is 22.7 Å². The Morgan fingerprint density at radius 1 is 1.26 bits per heavy atom. The van der Waals surface area contributed by atoms with Gasteiger partial charge in [0.1, 0.15) is 0 Å². The van der Waals surface area contributed by atoms with Gasteiger partial charge < -0.3 is 9.67 Å². The summed E-state index contributed by atoms with van der Waals surface area (Å²) in [7, 11) is -1.67. The first-order valence-electron chi connectivity index (χ1n) is 9.59. The highest BCUT2D eigenvalue weighted by Crippen LogP contribution is 2.34. The third-order valence-electron chi connectivity index (χ3n) is 5.63. The van der Waals surface area contributed by atoms with Crippen LogP contribution in [0.2, 0.25) is 19.6 Å². The maximum absolute atomic E-state index is 13.1. The number of nitrogens with zero attached hydrogens (tertiary/aromatic N) is 2. The molecule has 3 heterocycles. The number of benzene rings is 1. The monoisotopic (exact) mass is 378 g/mol. The Labute approximate surface area is 160 Å². The van der Waals surface area contributed by atoms with Crippen molar-refractivity contribution < 1.29 is 5.11 Å². The van der Waals surface area contributed by atoms with Gasteiger partial charge in [-0.05, 0) is 47.2 Å². The summed E-state index contributed by atoms with van der Waals surface area (Å²) in [5.74, 6) is 0. The van der Waals surface area contributed by atoms with Gasteiger partial charge in [0.05, 0.1) is 37.6 Å². The smallest absolute Gasteiger partial charge is 0.254 e. The lowest BCUT2D eigenvalue weighted by Crippen LogP contribution is -2.41. The number of aliphatic hydroxyl groups excluding tert-OH is 1. The minimum absolute atomic E-state index is 0.0152. The van der Waals surface area contributed by atoms with Crippen LogP contribution in [0.4, 0.5) is 0 Å². The molecule has 1 aliphatic heterocycles. The SMILES string of the molecule is CCC(O)c1cc2n(c(=O)c1C)Cc1c-2nc2ccccc2c1[Si](C)(C)C. The highest BCUT2D eigenvalue weighted by atomic mass is 28.3. The summed E-state index contributed by atoms with van der Waals surface area (Å²) >= 11 is 0. The fourth-order valence-corrected chi connectivity index (χ4v) is 6.44. The molecule has 2 aromatic heterocycles. The van der Waals surface area contributed by atoms with Crippen molar-refractivity contribution >= 4 is 24.2 Å². The molecule has 1 N–H and O–H groups in total. The molecule has 1 aliphatic rings. The molecule has 0 amide bonds. The number of rotatable bonds is 3. The van der Waals surface area contributed by atoms with Crippen LogP contribution >= 0.6 is 0 Å². The molecular formula is C22H26N2O2Si. The largest absolute Gasteiger partial charge is 0.388 e. The van der Waals surface area contributed by atoms with Crippen molar-refractivity contribution in [3.8, 4) is 11.4 Å². The van der Waals surface area contributed by atoms with Gasteiger partial charge in [0.15, 0.2) is 0 Å². The van der Waals surface area contributed by atoms with Crippen LogP contribution in [0, 0.1) is 6.92 Å². The van der Waals surface area contributed by atoms with E-state index < -0.39 is 14.2 Å². The van der Waals surface area contributed by atoms with Crippen LogP contribution in [0.15, 0.2) is 35.1 Å². The summed E-state index contributed by atoms with van der Waals surface area (Å²) in [6, 6.07) is 10.3. The van der Waals surface area contributed by atoms with Crippen LogP contribution in [0.25, 0.3) is 22.3 Å². The zero-order valence-electron chi connectivity index (χ0n) is 16.6. The van der Waals surface area contributed by atoms with Crippen LogP contribution in [0.3, 0.4) is 0 Å². The maximum Gasteiger partial charge on any atom is 0.254 e. The summed E-state index contributed by atoms with van der Waals surface area (Å²) in [5, 5.41) is 13.0. The summed E-state index contributed by atoms with van der Waals surface area (Å²) in [4.78, 5) is 18.0. The Balaban J connectivity index is 2.10. The second-order valence-corrected chi connectivity index (χ2v) is 13.5. The first-order chi connectivity index (χ1) is 12.7. The van der Waals surface area contributed by atoms with Gasteiger partial charge in [-0.3, -0.25) is 4.79 Å². The molecule has 5 heteroatoms. The fraction of sp³-hybridized carbons (Fsp3) is 0.364. The quantitative estimate of drug-likeness (QED) is 0.553. The van der Waals surface area contributed by atoms with E-state index >= 15 is 0 Å². The predicted molar refractivity (Wildman–Crippen MR) is 114 cm³/mol. The minimum atomic E-state index is -1.67. The maximum atomic E-state index is 13.1. The van der Waals surface area contributed by atoms with Crippen molar-refractivity contribution in [3.63, 3.8) is 0 Å². The summed E-state index contributed by atoms with van der Waals surface area (Å²) in [5.41, 5.74) is 5.27. The van der Waals surface area contributed by atoms with Crippen molar-refractivity contribution in [2.24, 2.45) is 0 Å². The summed E-state index contributed by atoms with van der Waals surface area (Å²) < 4.78 is 1.83. The van der Waals surface area contributed by atoms with Crippen molar-refractivity contribution in [1.82, 2.24) is 9.55 Å². The second kappa shape index (κ2) is 6.14. The Kier molecular flexibility index (Phi) is 4.13. The Bertz CT molecular complexity index is 1130. The molecule has 0 saturated heterocycles. The molecule has 3 aromatic rings. The predicted octanol–water partition coefficient (Wildman–Crippen LogP) is 3.72. The molecule has 4 nitrogen and oxygen atoms in total. The van der Waals surface area contributed by atoms with E-state index in [0.717, 1.165) is 22.5 Å². The van der Waals surface area contributed by atoms with Gasteiger partial charge in [-0.1, -0.05) is 44.8 Å². The number of hydrogen-bond acceptors (Lipinski definition) is 3. The van der Waals surface area contributed by atoms with Gasteiger partial charge >= 0.3 is 0 Å². The van der Waals surface area contributed by atoms with E-state index in [4.69, 9.17) is 4.98 Å². The van der Waals surface area contributed by atoms with Crippen LogP contribution in [-0.2, 0) is 6.54 Å². The van der Waals surface area contributed by atoms with Crippen molar-refractivity contribution in [1.29, 1.82) is 0 Å². The van der Waals surface area contributed by atoms with Gasteiger partial charge in [-0.15, -0.1) is 0 Å². The number of pyridine rings is 2. The molecule has 1 unspecified atom stereocenters. The minimum Gasteiger partial charge on any atom is -0.388 e. The number of aromatic nitrogens is 2. The first-order valence-corrected chi connectivity index (χ1v) is 13.1. The van der Waals surface area contributed by atoms with E-state index in [1.54, 1.807) is 0 Å². The third-order valence-corrected chi connectivity index (χ3v) is 7.70. The zero-order chi connectivity index (χ0) is 19.5.